The molecule has 3 aromatic rings. The fraction of sp³-hybridized carbons (Fsp3) is 0.350. The van der Waals surface area contributed by atoms with Crippen LogP contribution in [0.25, 0.3) is 10.9 Å². The molecule has 1 saturated heterocycles. The van der Waals surface area contributed by atoms with Crippen LogP contribution in [0, 0.1) is 5.92 Å². The first kappa shape index (κ1) is 17.0. The molecular weight excluding hydrogens is 356 g/mol. The lowest BCUT2D eigenvalue weighted by Crippen LogP contribution is -2.49. The van der Waals surface area contributed by atoms with E-state index in [4.69, 9.17) is 0 Å². The molecular formula is C20H22N6O2. The second-order valence-electron chi connectivity index (χ2n) is 7.65. The third kappa shape index (κ3) is 2.95. The van der Waals surface area contributed by atoms with Gasteiger partial charge in [-0.1, -0.05) is 18.2 Å². The van der Waals surface area contributed by atoms with Crippen molar-refractivity contribution in [3.05, 3.63) is 47.8 Å². The molecule has 8 nitrogen and oxygen atoms in total. The molecule has 2 aliphatic heterocycles. The first-order chi connectivity index (χ1) is 13.6. The van der Waals surface area contributed by atoms with Crippen LogP contribution in [0.5, 0.6) is 0 Å². The normalized spacial score (nSPS) is 17.4. The maximum atomic E-state index is 12.9. The number of aromatic nitrogens is 3. The highest BCUT2D eigenvalue weighted by molar-refractivity contribution is 5.98. The Hall–Kier alpha value is -3.13. The predicted octanol–water partition coefficient (Wildman–Crippen LogP) is 1.52. The number of carbonyl (C=O) groups excluding carboxylic acids is 2. The Kier molecular flexibility index (Phi) is 3.94. The molecule has 2 aliphatic rings. The first-order valence-electron chi connectivity index (χ1n) is 9.50. The summed E-state index contributed by atoms with van der Waals surface area (Å²) in [6, 6.07) is 11.6. The Bertz CT molecular complexity index is 1030. The van der Waals surface area contributed by atoms with Crippen LogP contribution in [0.4, 0.5) is 5.82 Å². The summed E-state index contributed by atoms with van der Waals surface area (Å²) in [5.41, 5.74) is 2.48. The smallest absolute Gasteiger partial charge is 0.270 e. The van der Waals surface area contributed by atoms with Gasteiger partial charge in [0.15, 0.2) is 5.82 Å². The van der Waals surface area contributed by atoms with E-state index in [-0.39, 0.29) is 17.7 Å². The summed E-state index contributed by atoms with van der Waals surface area (Å²) < 4.78 is 1.87. The van der Waals surface area contributed by atoms with Crippen LogP contribution in [0.15, 0.2) is 36.4 Å². The van der Waals surface area contributed by atoms with Crippen molar-refractivity contribution < 1.29 is 9.59 Å². The van der Waals surface area contributed by atoms with Gasteiger partial charge in [-0.15, -0.1) is 0 Å². The van der Waals surface area contributed by atoms with Crippen molar-refractivity contribution in [2.24, 2.45) is 5.92 Å². The molecule has 1 fully saturated rings. The molecule has 2 N–H and O–H groups in total. The lowest BCUT2D eigenvalue weighted by atomic mass is 10.0. The summed E-state index contributed by atoms with van der Waals surface area (Å²) in [5, 5.41) is 8.41. The van der Waals surface area contributed by atoms with Crippen LogP contribution in [0.3, 0.4) is 0 Å². The van der Waals surface area contributed by atoms with Crippen molar-refractivity contribution in [3.8, 4) is 0 Å². The number of nitrogens with one attached hydrogen (secondary N) is 2. The second-order valence-corrected chi connectivity index (χ2v) is 7.65. The van der Waals surface area contributed by atoms with Gasteiger partial charge in [-0.05, 0) is 19.2 Å². The van der Waals surface area contributed by atoms with Crippen molar-refractivity contribution in [1.29, 1.82) is 0 Å². The molecule has 0 aliphatic carbocycles. The molecule has 1 aromatic carbocycles. The number of hydrogen-bond acceptors (Lipinski definition) is 4. The van der Waals surface area contributed by atoms with Crippen LogP contribution in [0.2, 0.25) is 0 Å². The number of rotatable bonds is 3. The molecule has 28 heavy (non-hydrogen) atoms. The summed E-state index contributed by atoms with van der Waals surface area (Å²) in [6.45, 7) is 3.24. The SMILES string of the molecule is CN1CC(C(=O)Nc2cc3n(n2)CCN(C(=O)c2cc4ccccc4[nH]2)C3)C1. The topological polar surface area (TPSA) is 86.3 Å². The quantitative estimate of drug-likeness (QED) is 0.724. The van der Waals surface area contributed by atoms with E-state index in [0.29, 0.717) is 31.1 Å². The van der Waals surface area contributed by atoms with Gasteiger partial charge in [0.1, 0.15) is 5.69 Å². The molecule has 2 aromatic heterocycles. The number of H-pyrrole nitrogens is 1. The monoisotopic (exact) mass is 378 g/mol. The van der Waals surface area contributed by atoms with E-state index >= 15 is 0 Å². The number of likely N-dealkylation sites (tertiary alicyclic amines) is 1. The van der Waals surface area contributed by atoms with Crippen molar-refractivity contribution in [1.82, 2.24) is 24.6 Å². The number of nitrogens with zero attached hydrogens (tertiary/aromatic N) is 4. The lowest BCUT2D eigenvalue weighted by Gasteiger charge is -2.34. The van der Waals surface area contributed by atoms with E-state index in [1.807, 2.05) is 53.0 Å². The summed E-state index contributed by atoms with van der Waals surface area (Å²) in [5.74, 6) is 0.588. The van der Waals surface area contributed by atoms with Crippen LogP contribution in [-0.2, 0) is 17.9 Å². The van der Waals surface area contributed by atoms with E-state index < -0.39 is 0 Å². The zero-order chi connectivity index (χ0) is 19.3. The van der Waals surface area contributed by atoms with Crippen molar-refractivity contribution in [2.45, 2.75) is 13.1 Å². The standard InChI is InChI=1S/C20H22N6O2/c1-24-10-14(11-24)19(27)22-18-9-15-12-25(6-7-26(15)23-18)20(28)17-8-13-4-2-3-5-16(13)21-17/h2-5,8-9,14,21H,6-7,10-12H2,1H3,(H,22,23,27). The van der Waals surface area contributed by atoms with Gasteiger partial charge < -0.3 is 20.1 Å². The molecule has 0 radical (unpaired) electrons. The summed E-state index contributed by atoms with van der Waals surface area (Å²) in [7, 11) is 2.00. The average molecular weight is 378 g/mol. The molecule has 8 heteroatoms. The summed E-state index contributed by atoms with van der Waals surface area (Å²) in [4.78, 5) is 32.3. The van der Waals surface area contributed by atoms with Crippen LogP contribution < -0.4 is 5.32 Å². The molecule has 144 valence electrons. The van der Waals surface area contributed by atoms with E-state index in [1.165, 1.54) is 0 Å². The maximum Gasteiger partial charge on any atom is 0.270 e. The molecule has 4 heterocycles. The van der Waals surface area contributed by atoms with E-state index in [9.17, 15) is 9.59 Å². The van der Waals surface area contributed by atoms with Gasteiger partial charge in [0.25, 0.3) is 5.91 Å². The number of amides is 2. The minimum atomic E-state index is -0.0215. The molecule has 0 atom stereocenters. The summed E-state index contributed by atoms with van der Waals surface area (Å²) >= 11 is 0. The third-order valence-electron chi connectivity index (χ3n) is 5.53. The predicted molar refractivity (Wildman–Crippen MR) is 105 cm³/mol. The van der Waals surface area contributed by atoms with Gasteiger partial charge in [-0.25, -0.2) is 0 Å². The minimum absolute atomic E-state index is 0.0135. The summed E-state index contributed by atoms with van der Waals surface area (Å²) in [6.07, 6.45) is 0. The molecule has 2 amide bonds. The number of para-hydroxylation sites is 1. The number of benzene rings is 1. The number of anilines is 1. The van der Waals surface area contributed by atoms with E-state index in [2.05, 4.69) is 20.3 Å². The Morgan fingerprint density at radius 1 is 1.18 bits per heavy atom. The Morgan fingerprint density at radius 2 is 2.00 bits per heavy atom. The van der Waals surface area contributed by atoms with Gasteiger partial charge in [-0.3, -0.25) is 14.3 Å². The Balaban J connectivity index is 1.29. The highest BCUT2D eigenvalue weighted by Gasteiger charge is 2.31. The van der Waals surface area contributed by atoms with Gasteiger partial charge in [0.05, 0.1) is 24.7 Å². The van der Waals surface area contributed by atoms with Gasteiger partial charge in [0.2, 0.25) is 5.91 Å². The molecule has 0 unspecified atom stereocenters. The molecule has 0 saturated carbocycles. The number of fused-ring (bicyclic) bond motifs is 2. The second kappa shape index (κ2) is 6.49. The van der Waals surface area contributed by atoms with E-state index in [0.717, 1.165) is 29.7 Å². The Labute approximate surface area is 162 Å². The zero-order valence-electron chi connectivity index (χ0n) is 15.7. The first-order valence-corrected chi connectivity index (χ1v) is 9.50. The average Bonchev–Trinajstić information content (AvgIpc) is 3.27. The number of carbonyl (C=O) groups is 2. The Morgan fingerprint density at radius 3 is 2.79 bits per heavy atom. The minimum Gasteiger partial charge on any atom is -0.351 e. The highest BCUT2D eigenvalue weighted by atomic mass is 16.2. The largest absolute Gasteiger partial charge is 0.351 e. The fourth-order valence-corrected chi connectivity index (χ4v) is 3.95. The molecule has 0 spiro atoms. The van der Waals surface area contributed by atoms with Crippen LogP contribution in [-0.4, -0.2) is 63.1 Å². The highest BCUT2D eigenvalue weighted by Crippen LogP contribution is 2.22. The number of aromatic amines is 1. The van der Waals surface area contributed by atoms with Gasteiger partial charge in [0, 0.05) is 36.6 Å². The van der Waals surface area contributed by atoms with Gasteiger partial charge >= 0.3 is 0 Å². The molecule has 5 rings (SSSR count). The maximum absolute atomic E-state index is 12.9. The van der Waals surface area contributed by atoms with Crippen molar-refractivity contribution in [3.63, 3.8) is 0 Å². The van der Waals surface area contributed by atoms with Crippen LogP contribution >= 0.6 is 0 Å². The zero-order valence-corrected chi connectivity index (χ0v) is 15.7. The van der Waals surface area contributed by atoms with Crippen molar-refractivity contribution in [2.75, 3.05) is 32.0 Å². The van der Waals surface area contributed by atoms with Gasteiger partial charge in [-0.2, -0.15) is 5.10 Å². The fourth-order valence-electron chi connectivity index (χ4n) is 3.95. The van der Waals surface area contributed by atoms with Crippen LogP contribution in [0.1, 0.15) is 16.2 Å². The number of hydrogen-bond donors (Lipinski definition) is 2. The van der Waals surface area contributed by atoms with Crippen molar-refractivity contribution >= 4 is 28.5 Å². The third-order valence-corrected chi connectivity index (χ3v) is 5.53. The van der Waals surface area contributed by atoms with E-state index in [1.54, 1.807) is 0 Å². The lowest BCUT2D eigenvalue weighted by molar-refractivity contribution is -0.124. The molecule has 0 bridgehead atoms.